The van der Waals surface area contributed by atoms with Crippen LogP contribution in [0.2, 0.25) is 0 Å². The van der Waals surface area contributed by atoms with Crippen LogP contribution >= 0.6 is 0 Å². The van der Waals surface area contributed by atoms with E-state index in [1.165, 1.54) is 24.0 Å². The van der Waals surface area contributed by atoms with Crippen molar-refractivity contribution in [3.8, 4) is 0 Å². The maximum Gasteiger partial charge on any atom is 0.243 e. The zero-order chi connectivity index (χ0) is 15.6. The quantitative estimate of drug-likeness (QED) is 0.776. The molecule has 0 radical (unpaired) electrons. The van der Waals surface area contributed by atoms with Gasteiger partial charge in [-0.25, -0.2) is 22.5 Å². The van der Waals surface area contributed by atoms with E-state index in [0.717, 1.165) is 6.07 Å². The summed E-state index contributed by atoms with van der Waals surface area (Å²) in [6.07, 6.45) is 1.83. The highest BCUT2D eigenvalue weighted by atomic mass is 32.2. The molecule has 0 amide bonds. The third-order valence-corrected chi connectivity index (χ3v) is 4.28. The molecule has 0 saturated heterocycles. The lowest BCUT2D eigenvalue weighted by atomic mass is 10.2. The summed E-state index contributed by atoms with van der Waals surface area (Å²) < 4.78 is 42.0. The van der Waals surface area contributed by atoms with Crippen molar-refractivity contribution in [2.45, 2.75) is 18.2 Å². The van der Waals surface area contributed by atoms with E-state index in [9.17, 15) is 12.8 Å². The summed E-state index contributed by atoms with van der Waals surface area (Å²) >= 11 is 0. The molecule has 114 valence electrons. The van der Waals surface area contributed by atoms with Crippen molar-refractivity contribution in [3.05, 3.63) is 35.7 Å². The molecule has 2 aromatic rings. The molecule has 0 saturated carbocycles. The Morgan fingerprint density at radius 1 is 1.43 bits per heavy atom. The van der Waals surface area contributed by atoms with E-state index in [1.54, 1.807) is 7.05 Å². The fourth-order valence-corrected chi connectivity index (χ4v) is 3.05. The highest BCUT2D eigenvalue weighted by Crippen LogP contribution is 2.21. The summed E-state index contributed by atoms with van der Waals surface area (Å²) in [5.74, 6) is -0.294. The number of aryl methyl sites for hydroxylation is 2. The Morgan fingerprint density at radius 3 is 2.76 bits per heavy atom. The van der Waals surface area contributed by atoms with Crippen LogP contribution in [-0.4, -0.2) is 29.7 Å². The standard InChI is InChI=1S/C12H16FN5O2S/c1-8-5-9(14)6-10(12(8)13)21(19,20)16-4-3-11-15-7-18(2)17-11/h5-7,16H,3-4,14H2,1-2H3. The van der Waals surface area contributed by atoms with Gasteiger partial charge in [-0.2, -0.15) is 5.10 Å². The van der Waals surface area contributed by atoms with Gasteiger partial charge in [-0.3, -0.25) is 4.68 Å². The highest BCUT2D eigenvalue weighted by Gasteiger charge is 2.20. The molecule has 0 fully saturated rings. The second-order valence-electron chi connectivity index (χ2n) is 4.63. The van der Waals surface area contributed by atoms with Gasteiger partial charge in [-0.05, 0) is 24.6 Å². The highest BCUT2D eigenvalue weighted by molar-refractivity contribution is 7.89. The Labute approximate surface area is 122 Å². The largest absolute Gasteiger partial charge is 0.399 e. The minimum Gasteiger partial charge on any atom is -0.399 e. The van der Waals surface area contributed by atoms with Crippen LogP contribution in [0, 0.1) is 12.7 Å². The zero-order valence-corrected chi connectivity index (χ0v) is 12.5. The third-order valence-electron chi connectivity index (χ3n) is 2.82. The number of hydrogen-bond acceptors (Lipinski definition) is 5. The van der Waals surface area contributed by atoms with Crippen LogP contribution in [-0.2, 0) is 23.5 Å². The number of sulfonamides is 1. The maximum absolute atomic E-state index is 13.9. The van der Waals surface area contributed by atoms with Gasteiger partial charge < -0.3 is 5.73 Å². The summed E-state index contributed by atoms with van der Waals surface area (Å²) in [5.41, 5.74) is 5.94. The Morgan fingerprint density at radius 2 is 2.14 bits per heavy atom. The first-order valence-electron chi connectivity index (χ1n) is 6.19. The number of benzene rings is 1. The predicted octanol–water partition coefficient (Wildman–Crippen LogP) is 0.366. The number of aromatic nitrogens is 3. The van der Waals surface area contributed by atoms with Crippen molar-refractivity contribution in [2.75, 3.05) is 12.3 Å². The first-order valence-corrected chi connectivity index (χ1v) is 7.68. The number of rotatable bonds is 5. The third kappa shape index (κ3) is 3.56. The van der Waals surface area contributed by atoms with Crippen molar-refractivity contribution in [3.63, 3.8) is 0 Å². The van der Waals surface area contributed by atoms with E-state index in [0.29, 0.717) is 12.2 Å². The molecule has 0 spiro atoms. The monoisotopic (exact) mass is 313 g/mol. The van der Waals surface area contributed by atoms with E-state index in [1.807, 2.05) is 0 Å². The lowest BCUT2D eigenvalue weighted by Crippen LogP contribution is -2.27. The Balaban J connectivity index is 2.12. The van der Waals surface area contributed by atoms with E-state index in [2.05, 4.69) is 14.8 Å². The van der Waals surface area contributed by atoms with Gasteiger partial charge in [-0.15, -0.1) is 0 Å². The second kappa shape index (κ2) is 5.78. The van der Waals surface area contributed by atoms with Crippen LogP contribution in [0.3, 0.4) is 0 Å². The molecule has 0 unspecified atom stereocenters. The van der Waals surface area contributed by atoms with E-state index < -0.39 is 20.7 Å². The Bertz CT molecular complexity index is 757. The van der Waals surface area contributed by atoms with E-state index in [-0.39, 0.29) is 17.8 Å². The fourth-order valence-electron chi connectivity index (χ4n) is 1.83. The molecule has 9 heteroatoms. The minimum atomic E-state index is -3.97. The Hall–Kier alpha value is -2.00. The minimum absolute atomic E-state index is 0.0691. The van der Waals surface area contributed by atoms with Gasteiger partial charge in [0.25, 0.3) is 0 Å². The molecule has 1 aromatic carbocycles. The molecule has 2 rings (SSSR count). The van der Waals surface area contributed by atoms with Crippen LogP contribution in [0.25, 0.3) is 0 Å². The van der Waals surface area contributed by atoms with E-state index in [4.69, 9.17) is 5.73 Å². The van der Waals surface area contributed by atoms with Crippen molar-refractivity contribution in [1.82, 2.24) is 19.5 Å². The number of nitrogen functional groups attached to an aromatic ring is 1. The number of halogens is 1. The molecule has 7 nitrogen and oxygen atoms in total. The summed E-state index contributed by atoms with van der Waals surface area (Å²) in [6.45, 7) is 1.53. The number of anilines is 1. The summed E-state index contributed by atoms with van der Waals surface area (Å²) in [5, 5.41) is 4.03. The van der Waals surface area contributed by atoms with Crippen molar-refractivity contribution in [1.29, 1.82) is 0 Å². The van der Waals surface area contributed by atoms with Crippen molar-refractivity contribution >= 4 is 15.7 Å². The van der Waals surface area contributed by atoms with Gasteiger partial charge >= 0.3 is 0 Å². The first kappa shape index (κ1) is 15.4. The average Bonchev–Trinajstić information content (AvgIpc) is 2.79. The Kier molecular flexibility index (Phi) is 4.24. The molecule has 21 heavy (non-hydrogen) atoms. The summed E-state index contributed by atoms with van der Waals surface area (Å²) in [6, 6.07) is 2.48. The average molecular weight is 313 g/mol. The molecule has 0 aliphatic rings. The molecule has 0 aliphatic heterocycles. The molecule has 1 aromatic heterocycles. The van der Waals surface area contributed by atoms with Crippen LogP contribution in [0.4, 0.5) is 10.1 Å². The topological polar surface area (TPSA) is 103 Å². The van der Waals surface area contributed by atoms with E-state index >= 15 is 0 Å². The normalized spacial score (nSPS) is 11.8. The molecule has 0 atom stereocenters. The molecular formula is C12H16FN5O2S. The van der Waals surface area contributed by atoms with Crippen molar-refractivity contribution in [2.24, 2.45) is 7.05 Å². The lowest BCUT2D eigenvalue weighted by Gasteiger charge is -2.09. The number of nitrogens with one attached hydrogen (secondary N) is 1. The molecule has 0 bridgehead atoms. The molecule has 0 aliphatic carbocycles. The summed E-state index contributed by atoms with van der Waals surface area (Å²) in [7, 11) is -2.25. The van der Waals surface area contributed by atoms with Gasteiger partial charge in [0.1, 0.15) is 17.0 Å². The van der Waals surface area contributed by atoms with Crippen molar-refractivity contribution < 1.29 is 12.8 Å². The smallest absolute Gasteiger partial charge is 0.243 e. The van der Waals surface area contributed by atoms with Gasteiger partial charge in [0.05, 0.1) is 0 Å². The first-order chi connectivity index (χ1) is 9.79. The number of nitrogens with zero attached hydrogens (tertiary/aromatic N) is 3. The van der Waals surface area contributed by atoms with Crippen LogP contribution in [0.1, 0.15) is 11.4 Å². The van der Waals surface area contributed by atoms with Gasteiger partial charge in [0.15, 0.2) is 5.82 Å². The number of hydrogen-bond donors (Lipinski definition) is 2. The molecular weight excluding hydrogens is 297 g/mol. The fraction of sp³-hybridized carbons (Fsp3) is 0.333. The SMILES string of the molecule is Cc1cc(N)cc(S(=O)(=O)NCCc2ncn(C)n2)c1F. The molecule has 1 heterocycles. The van der Waals surface area contributed by atoms with Crippen LogP contribution in [0.15, 0.2) is 23.4 Å². The second-order valence-corrected chi connectivity index (χ2v) is 6.37. The van der Waals surface area contributed by atoms with Crippen LogP contribution in [0.5, 0.6) is 0 Å². The molecule has 3 N–H and O–H groups in total. The maximum atomic E-state index is 13.9. The van der Waals surface area contributed by atoms with Crippen LogP contribution < -0.4 is 10.5 Å². The zero-order valence-electron chi connectivity index (χ0n) is 11.7. The predicted molar refractivity (Wildman–Crippen MR) is 75.4 cm³/mol. The van der Waals surface area contributed by atoms with Gasteiger partial charge in [-0.1, -0.05) is 0 Å². The number of nitrogens with two attached hydrogens (primary N) is 1. The summed E-state index contributed by atoms with van der Waals surface area (Å²) in [4.78, 5) is 3.53. The lowest BCUT2D eigenvalue weighted by molar-refractivity contribution is 0.553. The van der Waals surface area contributed by atoms with Gasteiger partial charge in [0, 0.05) is 25.7 Å². The van der Waals surface area contributed by atoms with Gasteiger partial charge in [0.2, 0.25) is 10.0 Å².